The number of anilines is 1. The number of carbonyl (C=O) groups is 2. The highest BCUT2D eigenvalue weighted by Crippen LogP contribution is 2.34. The van der Waals surface area contributed by atoms with Gasteiger partial charge >= 0.3 is 0 Å². The second-order valence-corrected chi connectivity index (χ2v) is 9.43. The van der Waals surface area contributed by atoms with Gasteiger partial charge in [0.25, 0.3) is 5.91 Å². The van der Waals surface area contributed by atoms with Gasteiger partial charge in [0.2, 0.25) is 5.91 Å². The molecule has 2 aromatic heterocycles. The highest BCUT2D eigenvalue weighted by molar-refractivity contribution is 6.00. The van der Waals surface area contributed by atoms with Crippen LogP contribution >= 0.6 is 0 Å². The molecule has 0 spiro atoms. The van der Waals surface area contributed by atoms with Crippen molar-refractivity contribution in [3.8, 4) is 17.1 Å². The number of nitrogens with one attached hydrogen (secondary N) is 3. The van der Waals surface area contributed by atoms with E-state index in [0.29, 0.717) is 55.1 Å². The van der Waals surface area contributed by atoms with Gasteiger partial charge in [0, 0.05) is 38.7 Å². The zero-order valence-corrected chi connectivity index (χ0v) is 21.7. The molecule has 4 aromatic rings. The number of amides is 2. The number of ether oxygens (including phenoxy) is 1. The molecule has 9 nitrogen and oxygen atoms in total. The van der Waals surface area contributed by atoms with E-state index in [1.54, 1.807) is 7.11 Å². The Morgan fingerprint density at radius 2 is 1.76 bits per heavy atom. The molecule has 0 bridgehead atoms. The standard InChI is InChI=1S/C29H32N6O3/c1-19(36)30-14-15-31-27-23-18-24(32-28(23)34-26(33-27)21-8-4-3-5-9-21)29(37)35-16-12-20(13-17-35)22-10-6-7-11-25(22)38-2/h3-11,18,20H,12-17H2,1-2H3,(H,30,36)(H2,31,32,33,34). The van der Waals surface area contributed by atoms with Crippen molar-refractivity contribution in [1.82, 2.24) is 25.2 Å². The zero-order chi connectivity index (χ0) is 26.5. The van der Waals surface area contributed by atoms with Gasteiger partial charge in [-0.1, -0.05) is 48.5 Å². The molecule has 2 aromatic carbocycles. The highest BCUT2D eigenvalue weighted by Gasteiger charge is 2.27. The monoisotopic (exact) mass is 512 g/mol. The van der Waals surface area contributed by atoms with Gasteiger partial charge in [0.15, 0.2) is 5.82 Å². The molecule has 0 unspecified atom stereocenters. The van der Waals surface area contributed by atoms with Gasteiger partial charge in [-0.2, -0.15) is 0 Å². The summed E-state index contributed by atoms with van der Waals surface area (Å²) in [7, 11) is 1.70. The second kappa shape index (κ2) is 11.3. The van der Waals surface area contributed by atoms with E-state index in [0.717, 1.165) is 29.5 Å². The molecule has 196 valence electrons. The number of fused-ring (bicyclic) bond motifs is 1. The van der Waals surface area contributed by atoms with Gasteiger partial charge in [-0.3, -0.25) is 9.59 Å². The lowest BCUT2D eigenvalue weighted by molar-refractivity contribution is -0.118. The van der Waals surface area contributed by atoms with Crippen LogP contribution in [0.5, 0.6) is 5.75 Å². The van der Waals surface area contributed by atoms with E-state index in [4.69, 9.17) is 14.7 Å². The maximum Gasteiger partial charge on any atom is 0.270 e. The number of aromatic amines is 1. The van der Waals surface area contributed by atoms with E-state index in [9.17, 15) is 9.59 Å². The summed E-state index contributed by atoms with van der Waals surface area (Å²) in [6, 6.07) is 19.6. The Bertz CT molecular complexity index is 1430. The van der Waals surface area contributed by atoms with Gasteiger partial charge in [-0.05, 0) is 36.5 Å². The number of hydrogen-bond acceptors (Lipinski definition) is 6. The van der Waals surface area contributed by atoms with Crippen LogP contribution in [0.3, 0.4) is 0 Å². The van der Waals surface area contributed by atoms with Gasteiger partial charge in [-0.25, -0.2) is 9.97 Å². The van der Waals surface area contributed by atoms with Crippen molar-refractivity contribution < 1.29 is 14.3 Å². The minimum Gasteiger partial charge on any atom is -0.496 e. The fourth-order valence-corrected chi connectivity index (χ4v) is 4.96. The van der Waals surface area contributed by atoms with Crippen molar-refractivity contribution in [2.45, 2.75) is 25.7 Å². The van der Waals surface area contributed by atoms with Gasteiger partial charge in [0.05, 0.1) is 12.5 Å². The number of methoxy groups -OCH3 is 1. The second-order valence-electron chi connectivity index (χ2n) is 9.43. The van der Waals surface area contributed by atoms with E-state index in [2.05, 4.69) is 21.7 Å². The predicted octanol–water partition coefficient (Wildman–Crippen LogP) is 4.20. The van der Waals surface area contributed by atoms with Crippen molar-refractivity contribution in [2.24, 2.45) is 0 Å². The van der Waals surface area contributed by atoms with Gasteiger partial charge < -0.3 is 25.3 Å². The van der Waals surface area contributed by atoms with E-state index in [-0.39, 0.29) is 11.8 Å². The smallest absolute Gasteiger partial charge is 0.270 e. The molecule has 0 radical (unpaired) electrons. The number of hydrogen-bond donors (Lipinski definition) is 3. The van der Waals surface area contributed by atoms with Crippen LogP contribution in [-0.2, 0) is 4.79 Å². The largest absolute Gasteiger partial charge is 0.496 e. The molecule has 0 atom stereocenters. The Hall–Kier alpha value is -4.40. The third-order valence-electron chi connectivity index (χ3n) is 6.90. The Kier molecular flexibility index (Phi) is 7.53. The predicted molar refractivity (Wildman–Crippen MR) is 147 cm³/mol. The number of nitrogens with zero attached hydrogens (tertiary/aromatic N) is 3. The van der Waals surface area contributed by atoms with Crippen LogP contribution in [0.25, 0.3) is 22.4 Å². The van der Waals surface area contributed by atoms with Crippen LogP contribution in [-0.4, -0.2) is 65.0 Å². The number of carbonyl (C=O) groups excluding carboxylic acids is 2. The van der Waals surface area contributed by atoms with Crippen molar-refractivity contribution in [1.29, 1.82) is 0 Å². The van der Waals surface area contributed by atoms with Crippen LogP contribution in [0.15, 0.2) is 60.7 Å². The molecule has 3 heterocycles. The first-order valence-electron chi connectivity index (χ1n) is 12.9. The molecule has 1 fully saturated rings. The van der Waals surface area contributed by atoms with Crippen LogP contribution in [0.4, 0.5) is 5.82 Å². The lowest BCUT2D eigenvalue weighted by Gasteiger charge is -2.32. The summed E-state index contributed by atoms with van der Waals surface area (Å²) < 4.78 is 5.55. The molecule has 2 amide bonds. The average molecular weight is 513 g/mol. The number of H-pyrrole nitrogens is 1. The van der Waals surface area contributed by atoms with Gasteiger partial charge in [-0.15, -0.1) is 0 Å². The number of benzene rings is 2. The molecular formula is C29H32N6O3. The minimum absolute atomic E-state index is 0.0491. The molecular weight excluding hydrogens is 480 g/mol. The fraction of sp³-hybridized carbons (Fsp3) is 0.310. The Morgan fingerprint density at radius 3 is 2.50 bits per heavy atom. The third-order valence-corrected chi connectivity index (χ3v) is 6.90. The molecule has 38 heavy (non-hydrogen) atoms. The molecule has 5 rings (SSSR count). The highest BCUT2D eigenvalue weighted by atomic mass is 16.5. The number of likely N-dealkylation sites (tertiary alicyclic amines) is 1. The summed E-state index contributed by atoms with van der Waals surface area (Å²) in [6.07, 6.45) is 1.75. The van der Waals surface area contributed by atoms with E-state index < -0.39 is 0 Å². The van der Waals surface area contributed by atoms with E-state index in [1.807, 2.05) is 59.5 Å². The summed E-state index contributed by atoms with van der Waals surface area (Å²) in [5.41, 5.74) is 3.15. The summed E-state index contributed by atoms with van der Waals surface area (Å²) in [5, 5.41) is 6.81. The Labute approximate surface area is 221 Å². The minimum atomic E-state index is -0.0892. The normalized spacial score (nSPS) is 13.9. The summed E-state index contributed by atoms with van der Waals surface area (Å²) >= 11 is 0. The van der Waals surface area contributed by atoms with Crippen molar-refractivity contribution >= 4 is 28.7 Å². The van der Waals surface area contributed by atoms with Crippen molar-refractivity contribution in [3.05, 3.63) is 71.9 Å². The molecule has 1 saturated heterocycles. The number of piperidine rings is 1. The summed E-state index contributed by atoms with van der Waals surface area (Å²) in [4.78, 5) is 39.3. The maximum absolute atomic E-state index is 13.5. The topological polar surface area (TPSA) is 112 Å². The van der Waals surface area contributed by atoms with Crippen LogP contribution in [0, 0.1) is 0 Å². The molecule has 1 aliphatic heterocycles. The first-order chi connectivity index (χ1) is 18.5. The first-order valence-corrected chi connectivity index (χ1v) is 12.9. The average Bonchev–Trinajstić information content (AvgIpc) is 3.40. The SMILES string of the molecule is COc1ccccc1C1CCN(C(=O)c2cc3c(NCCNC(C)=O)nc(-c4ccccc4)nc3[nH]2)CC1. The molecule has 0 aliphatic carbocycles. The fourth-order valence-electron chi connectivity index (χ4n) is 4.96. The Morgan fingerprint density at radius 1 is 1.03 bits per heavy atom. The van der Waals surface area contributed by atoms with Crippen molar-refractivity contribution in [3.63, 3.8) is 0 Å². The van der Waals surface area contributed by atoms with Crippen molar-refractivity contribution in [2.75, 3.05) is 38.6 Å². The molecule has 1 aliphatic rings. The third kappa shape index (κ3) is 5.46. The lowest BCUT2D eigenvalue weighted by Crippen LogP contribution is -2.38. The Balaban J connectivity index is 1.36. The lowest BCUT2D eigenvalue weighted by atomic mass is 9.88. The number of para-hydroxylation sites is 1. The quantitative estimate of drug-likeness (QED) is 0.305. The summed E-state index contributed by atoms with van der Waals surface area (Å²) in [5.74, 6) is 2.29. The summed E-state index contributed by atoms with van der Waals surface area (Å²) in [6.45, 7) is 3.77. The first kappa shape index (κ1) is 25.3. The molecule has 3 N–H and O–H groups in total. The van der Waals surface area contributed by atoms with Crippen LogP contribution in [0.1, 0.15) is 41.7 Å². The number of aromatic nitrogens is 3. The molecule has 9 heteroatoms. The van der Waals surface area contributed by atoms with E-state index >= 15 is 0 Å². The number of rotatable bonds is 8. The van der Waals surface area contributed by atoms with Gasteiger partial charge in [0.1, 0.15) is 22.9 Å². The maximum atomic E-state index is 13.5. The van der Waals surface area contributed by atoms with Crippen LogP contribution in [0.2, 0.25) is 0 Å². The van der Waals surface area contributed by atoms with Crippen LogP contribution < -0.4 is 15.4 Å². The van der Waals surface area contributed by atoms with E-state index in [1.165, 1.54) is 12.5 Å². The molecule has 0 saturated carbocycles. The zero-order valence-electron chi connectivity index (χ0n) is 21.7.